The van der Waals surface area contributed by atoms with E-state index in [1.807, 2.05) is 11.4 Å². The first-order chi connectivity index (χ1) is 8.83. The van der Waals surface area contributed by atoms with E-state index < -0.39 is 0 Å². The van der Waals surface area contributed by atoms with Gasteiger partial charge in [-0.25, -0.2) is 9.97 Å². The summed E-state index contributed by atoms with van der Waals surface area (Å²) in [6.45, 7) is 1.26. The van der Waals surface area contributed by atoms with Crippen molar-refractivity contribution in [1.82, 2.24) is 9.97 Å². The molecule has 96 valence electrons. The molecule has 3 rings (SSSR count). The zero-order valence-corrected chi connectivity index (χ0v) is 11.6. The van der Waals surface area contributed by atoms with E-state index >= 15 is 0 Å². The molecule has 2 aromatic rings. The summed E-state index contributed by atoms with van der Waals surface area (Å²) in [6.07, 6.45) is 5.28. The lowest BCUT2D eigenvalue weighted by molar-refractivity contribution is 0.0909. The molecule has 1 saturated carbocycles. The average Bonchev–Trinajstić information content (AvgIpc) is 2.75. The van der Waals surface area contributed by atoms with Gasteiger partial charge in [0.15, 0.2) is 5.82 Å². The van der Waals surface area contributed by atoms with E-state index in [1.165, 1.54) is 19.3 Å². The number of thiophene rings is 1. The lowest BCUT2D eigenvalue weighted by Gasteiger charge is -2.24. The Labute approximate surface area is 115 Å². The van der Waals surface area contributed by atoms with Crippen molar-refractivity contribution in [3.05, 3.63) is 22.4 Å². The van der Waals surface area contributed by atoms with Gasteiger partial charge in [-0.3, -0.25) is 0 Å². The van der Waals surface area contributed by atoms with E-state index in [0.717, 1.165) is 29.2 Å². The maximum atomic E-state index is 6.10. The minimum atomic E-state index is 0.459. The molecule has 2 aromatic heterocycles. The maximum Gasteiger partial charge on any atom is 0.157 e. The molecule has 0 aromatic carbocycles. The van der Waals surface area contributed by atoms with Gasteiger partial charge < -0.3 is 4.74 Å². The Hall–Kier alpha value is -0.710. The maximum absolute atomic E-state index is 6.10. The summed E-state index contributed by atoms with van der Waals surface area (Å²) in [4.78, 5) is 9.64. The molecule has 1 aliphatic carbocycles. The van der Waals surface area contributed by atoms with Crippen LogP contribution in [0.2, 0.25) is 5.15 Å². The van der Waals surface area contributed by atoms with Gasteiger partial charge in [-0.1, -0.05) is 30.9 Å². The molecule has 5 heteroatoms. The molecule has 1 fully saturated rings. The van der Waals surface area contributed by atoms with Crippen LogP contribution in [0.5, 0.6) is 0 Å². The van der Waals surface area contributed by atoms with Gasteiger partial charge in [-0.05, 0) is 23.8 Å². The highest BCUT2D eigenvalue weighted by Gasteiger charge is 2.16. The Morgan fingerprint density at radius 1 is 1.39 bits per heavy atom. The van der Waals surface area contributed by atoms with E-state index in [9.17, 15) is 0 Å². The first-order valence-corrected chi connectivity index (χ1v) is 7.56. The highest BCUT2D eigenvalue weighted by Crippen LogP contribution is 2.29. The van der Waals surface area contributed by atoms with E-state index in [4.69, 9.17) is 16.3 Å². The van der Waals surface area contributed by atoms with Crippen molar-refractivity contribution < 1.29 is 4.74 Å². The third kappa shape index (κ3) is 2.66. The highest BCUT2D eigenvalue weighted by atomic mass is 35.5. The first kappa shape index (κ1) is 12.3. The average molecular weight is 283 g/mol. The number of hydrogen-bond acceptors (Lipinski definition) is 4. The number of nitrogens with zero attached hydrogens (tertiary/aromatic N) is 2. The van der Waals surface area contributed by atoms with Crippen molar-refractivity contribution in [1.29, 1.82) is 0 Å². The van der Waals surface area contributed by atoms with Crippen molar-refractivity contribution >= 4 is 33.2 Å². The van der Waals surface area contributed by atoms with Crippen LogP contribution in [0.4, 0.5) is 0 Å². The summed E-state index contributed by atoms with van der Waals surface area (Å²) in [5.74, 6) is 1.57. The molecular formula is C13H15ClN2OS. The Bertz CT molecular complexity index is 539. The van der Waals surface area contributed by atoms with Crippen molar-refractivity contribution in [2.75, 3.05) is 6.61 Å². The number of hydrogen-bond donors (Lipinski definition) is 0. The topological polar surface area (TPSA) is 35.0 Å². The van der Waals surface area contributed by atoms with Gasteiger partial charge in [0.05, 0.1) is 0 Å². The third-order valence-corrected chi connectivity index (χ3v) is 4.55. The molecule has 0 radical (unpaired) electrons. The molecule has 3 nitrogen and oxygen atoms in total. The standard InChI is InChI=1S/C13H15ClN2OS/c14-12-10-5-7-18-13(10)16-11(15-12)8-17-6-4-9-2-1-3-9/h5,7,9H,1-4,6,8H2. The van der Waals surface area contributed by atoms with Crippen LogP contribution in [0.25, 0.3) is 10.2 Å². The van der Waals surface area contributed by atoms with Crippen LogP contribution >= 0.6 is 22.9 Å². The van der Waals surface area contributed by atoms with Gasteiger partial charge in [0.25, 0.3) is 0 Å². The molecule has 0 spiro atoms. The summed E-state index contributed by atoms with van der Waals surface area (Å²) < 4.78 is 5.63. The van der Waals surface area contributed by atoms with Gasteiger partial charge in [0.1, 0.15) is 16.6 Å². The second-order valence-corrected chi connectivity index (χ2v) is 5.96. The fourth-order valence-electron chi connectivity index (χ4n) is 2.12. The van der Waals surface area contributed by atoms with E-state index in [1.54, 1.807) is 11.3 Å². The molecule has 0 saturated heterocycles. The largest absolute Gasteiger partial charge is 0.373 e. The van der Waals surface area contributed by atoms with E-state index in [2.05, 4.69) is 9.97 Å². The third-order valence-electron chi connectivity index (χ3n) is 3.45. The highest BCUT2D eigenvalue weighted by molar-refractivity contribution is 7.16. The molecule has 18 heavy (non-hydrogen) atoms. The Morgan fingerprint density at radius 2 is 2.28 bits per heavy atom. The van der Waals surface area contributed by atoms with Crippen molar-refractivity contribution in [2.24, 2.45) is 5.92 Å². The van der Waals surface area contributed by atoms with Crippen LogP contribution in [0, 0.1) is 5.92 Å². The lowest BCUT2D eigenvalue weighted by Crippen LogP contribution is -2.13. The molecular weight excluding hydrogens is 268 g/mol. The van der Waals surface area contributed by atoms with E-state index in [-0.39, 0.29) is 0 Å². The van der Waals surface area contributed by atoms with Crippen LogP contribution in [0.3, 0.4) is 0 Å². The zero-order valence-electron chi connectivity index (χ0n) is 10.1. The number of aromatic nitrogens is 2. The van der Waals surface area contributed by atoms with Crippen molar-refractivity contribution in [3.8, 4) is 0 Å². The minimum absolute atomic E-state index is 0.459. The fraction of sp³-hybridized carbons (Fsp3) is 0.538. The number of ether oxygens (including phenoxy) is 1. The van der Waals surface area contributed by atoms with Gasteiger partial charge >= 0.3 is 0 Å². The summed E-state index contributed by atoms with van der Waals surface area (Å²) >= 11 is 7.68. The van der Waals surface area contributed by atoms with Gasteiger partial charge in [-0.2, -0.15) is 0 Å². The van der Waals surface area contributed by atoms with Crippen LogP contribution in [-0.4, -0.2) is 16.6 Å². The van der Waals surface area contributed by atoms with E-state index in [0.29, 0.717) is 17.6 Å². The molecule has 0 amide bonds. The Morgan fingerprint density at radius 3 is 3.06 bits per heavy atom. The normalized spacial score (nSPS) is 16.1. The van der Waals surface area contributed by atoms with Crippen LogP contribution in [0.1, 0.15) is 31.5 Å². The summed E-state index contributed by atoms with van der Waals surface area (Å²) in [7, 11) is 0. The molecule has 2 heterocycles. The van der Waals surface area contributed by atoms with Crippen molar-refractivity contribution in [3.63, 3.8) is 0 Å². The van der Waals surface area contributed by atoms with Crippen LogP contribution < -0.4 is 0 Å². The SMILES string of the molecule is Clc1nc(COCCC2CCC2)nc2sccc12. The molecule has 0 N–H and O–H groups in total. The second-order valence-electron chi connectivity index (χ2n) is 4.71. The minimum Gasteiger partial charge on any atom is -0.373 e. The molecule has 0 bridgehead atoms. The van der Waals surface area contributed by atoms with Gasteiger partial charge in [0, 0.05) is 12.0 Å². The molecule has 0 unspecified atom stereocenters. The van der Waals surface area contributed by atoms with Crippen LogP contribution in [0.15, 0.2) is 11.4 Å². The lowest BCUT2D eigenvalue weighted by atomic mass is 9.83. The zero-order chi connectivity index (χ0) is 12.4. The summed E-state index contributed by atoms with van der Waals surface area (Å²) in [5, 5.41) is 3.44. The van der Waals surface area contributed by atoms with Gasteiger partial charge in [-0.15, -0.1) is 11.3 Å². The molecule has 0 aliphatic heterocycles. The number of fused-ring (bicyclic) bond motifs is 1. The molecule has 0 atom stereocenters. The second kappa shape index (κ2) is 5.51. The molecule has 1 aliphatic rings. The monoisotopic (exact) mass is 282 g/mol. The predicted octanol–water partition coefficient (Wildman–Crippen LogP) is 4.05. The first-order valence-electron chi connectivity index (χ1n) is 6.30. The number of halogens is 1. The summed E-state index contributed by atoms with van der Waals surface area (Å²) in [5.41, 5.74) is 0. The fourth-order valence-corrected chi connectivity index (χ4v) is 3.21. The smallest absolute Gasteiger partial charge is 0.157 e. The van der Waals surface area contributed by atoms with Crippen LogP contribution in [-0.2, 0) is 11.3 Å². The van der Waals surface area contributed by atoms with Gasteiger partial charge in [0.2, 0.25) is 0 Å². The number of rotatable bonds is 5. The Balaban J connectivity index is 1.56. The summed E-state index contributed by atoms with van der Waals surface area (Å²) in [6, 6.07) is 1.95. The van der Waals surface area contributed by atoms with Crippen molar-refractivity contribution in [2.45, 2.75) is 32.3 Å². The quantitative estimate of drug-likeness (QED) is 0.613. The Kier molecular flexibility index (Phi) is 3.77. The predicted molar refractivity (Wildman–Crippen MR) is 74.0 cm³/mol.